The number of hydrogen-bond donors (Lipinski definition) is 3. The molecule has 12 nitrogen and oxygen atoms in total. The summed E-state index contributed by atoms with van der Waals surface area (Å²) in [6, 6.07) is 18.4. The van der Waals surface area contributed by atoms with Gasteiger partial charge >= 0.3 is 6.09 Å². The molecule has 0 aliphatic heterocycles. The Balaban J connectivity index is 1.81. The number of nitroso groups, excluding NO2 is 1. The molecule has 0 fully saturated rings. The summed E-state index contributed by atoms with van der Waals surface area (Å²) in [5.41, 5.74) is 1.93. The number of alkyl carbamates (subject to hydrolysis) is 1. The van der Waals surface area contributed by atoms with Crippen molar-refractivity contribution in [3.8, 4) is 0 Å². The number of amides is 2. The van der Waals surface area contributed by atoms with E-state index in [2.05, 4.69) is 20.8 Å². The first kappa shape index (κ1) is 36.3. The molecule has 0 unspecified atom stereocenters. The third-order valence-corrected chi connectivity index (χ3v) is 9.00. The summed E-state index contributed by atoms with van der Waals surface area (Å²) in [5, 5.41) is 19.9. The molecule has 0 saturated carbocycles. The van der Waals surface area contributed by atoms with Crippen molar-refractivity contribution in [1.29, 1.82) is 0 Å². The molecule has 0 bridgehead atoms. The highest BCUT2D eigenvalue weighted by atomic mass is 32.2. The average Bonchev–Trinajstić information content (AvgIpc) is 3.03. The van der Waals surface area contributed by atoms with Gasteiger partial charge in [0, 0.05) is 19.3 Å². The Morgan fingerprint density at radius 2 is 1.59 bits per heavy atom. The Bertz CT molecular complexity index is 1500. The van der Waals surface area contributed by atoms with Crippen LogP contribution in [0.15, 0.2) is 89.1 Å². The molecule has 46 heavy (non-hydrogen) atoms. The van der Waals surface area contributed by atoms with Gasteiger partial charge < -0.3 is 20.5 Å². The second-order valence-electron chi connectivity index (χ2n) is 11.8. The van der Waals surface area contributed by atoms with E-state index >= 15 is 0 Å². The van der Waals surface area contributed by atoms with Crippen molar-refractivity contribution >= 4 is 22.0 Å². The lowest BCUT2D eigenvalue weighted by Gasteiger charge is -2.32. The number of pyridine rings is 1. The number of nitrogens with zero attached hydrogens (tertiary/aromatic N) is 3. The highest BCUT2D eigenvalue weighted by Gasteiger charge is 2.33. The van der Waals surface area contributed by atoms with Crippen molar-refractivity contribution in [2.45, 2.75) is 70.4 Å². The number of aliphatic hydroxyl groups excluding tert-OH is 1. The highest BCUT2D eigenvalue weighted by molar-refractivity contribution is 7.89. The van der Waals surface area contributed by atoms with Gasteiger partial charge in [0.2, 0.25) is 15.9 Å². The van der Waals surface area contributed by atoms with Gasteiger partial charge in [-0.1, -0.05) is 81.4 Å². The van der Waals surface area contributed by atoms with Crippen LogP contribution in [0, 0.1) is 16.7 Å². The quantitative estimate of drug-likeness (QED) is 0.184. The number of nitrogens with one attached hydrogen (secondary N) is 2. The standard InChI is InChI=1S/C33H43N5O7S/c1-23(2)20-38(46(43,44)28-15-13-26(14-16-28)19-35-42)21-30(39)29(18-25-10-6-5-7-11-25)36-32(40)31(24(3)4)37-33(41)45-22-27-12-8-9-17-34-27/h5-17,23-24,29-31,39H,18-22H2,1-4H3,(H,36,40)(H,37,41)/t29-,30+,31-/m0/s1. The molecule has 1 heterocycles. The fourth-order valence-corrected chi connectivity index (χ4v) is 6.38. The Morgan fingerprint density at radius 1 is 0.913 bits per heavy atom. The van der Waals surface area contributed by atoms with Crippen LogP contribution in [-0.4, -0.2) is 66.1 Å². The van der Waals surface area contributed by atoms with Gasteiger partial charge in [0.15, 0.2) is 0 Å². The summed E-state index contributed by atoms with van der Waals surface area (Å²) in [5.74, 6) is -0.969. The molecule has 3 aromatic rings. The average molecular weight is 654 g/mol. The fraction of sp³-hybridized carbons (Fsp3) is 0.424. The van der Waals surface area contributed by atoms with Crippen LogP contribution in [0.2, 0.25) is 0 Å². The Morgan fingerprint density at radius 3 is 2.17 bits per heavy atom. The minimum absolute atomic E-state index is 0.00642. The summed E-state index contributed by atoms with van der Waals surface area (Å²) in [6.45, 7) is 6.91. The first-order valence-electron chi connectivity index (χ1n) is 15.1. The van der Waals surface area contributed by atoms with Crippen molar-refractivity contribution in [2.24, 2.45) is 17.0 Å². The Kier molecular flexibility index (Phi) is 13.8. The van der Waals surface area contributed by atoms with Crippen molar-refractivity contribution < 1.29 is 27.9 Å². The number of sulfonamides is 1. The molecular formula is C33H43N5O7S. The van der Waals surface area contributed by atoms with Crippen LogP contribution in [0.5, 0.6) is 0 Å². The summed E-state index contributed by atoms with van der Waals surface area (Å²) in [4.78, 5) is 41.0. The third kappa shape index (κ3) is 11.0. The van der Waals surface area contributed by atoms with Gasteiger partial charge in [0.25, 0.3) is 0 Å². The lowest BCUT2D eigenvalue weighted by molar-refractivity contribution is -0.125. The van der Waals surface area contributed by atoms with E-state index in [1.54, 1.807) is 38.2 Å². The van der Waals surface area contributed by atoms with Crippen LogP contribution in [0.25, 0.3) is 0 Å². The van der Waals surface area contributed by atoms with Gasteiger partial charge in [0.05, 0.1) is 22.7 Å². The van der Waals surface area contributed by atoms with E-state index < -0.39 is 40.2 Å². The van der Waals surface area contributed by atoms with Gasteiger partial charge in [0.1, 0.15) is 19.2 Å². The minimum Gasteiger partial charge on any atom is -0.443 e. The summed E-state index contributed by atoms with van der Waals surface area (Å²) in [6.07, 6.45) is -0.342. The van der Waals surface area contributed by atoms with Gasteiger partial charge in [-0.05, 0) is 53.6 Å². The molecule has 2 aromatic carbocycles. The van der Waals surface area contributed by atoms with E-state index in [0.717, 1.165) is 5.56 Å². The number of aromatic nitrogens is 1. The zero-order chi connectivity index (χ0) is 33.7. The Labute approximate surface area is 270 Å². The maximum Gasteiger partial charge on any atom is 0.408 e. The smallest absolute Gasteiger partial charge is 0.408 e. The number of rotatable bonds is 17. The monoisotopic (exact) mass is 653 g/mol. The second kappa shape index (κ2) is 17.5. The van der Waals surface area contributed by atoms with Crippen molar-refractivity contribution in [3.63, 3.8) is 0 Å². The van der Waals surface area contributed by atoms with Crippen LogP contribution < -0.4 is 10.6 Å². The predicted molar refractivity (Wildman–Crippen MR) is 174 cm³/mol. The van der Waals surface area contributed by atoms with E-state index in [9.17, 15) is 28.0 Å². The molecular weight excluding hydrogens is 610 g/mol. The molecule has 0 saturated heterocycles. The molecule has 248 valence electrons. The van der Waals surface area contributed by atoms with E-state index in [1.807, 2.05) is 44.2 Å². The molecule has 0 radical (unpaired) electrons. The zero-order valence-corrected chi connectivity index (χ0v) is 27.4. The SMILES string of the molecule is CC(C)CN(C[C@@H](O)[C@H](Cc1ccccc1)NC(=O)[C@@H](NC(=O)OCc1ccccn1)C(C)C)S(=O)(=O)c1ccc(CN=O)cc1. The number of aliphatic hydroxyl groups is 1. The summed E-state index contributed by atoms with van der Waals surface area (Å²) in [7, 11) is -4.06. The number of benzene rings is 2. The van der Waals surface area contributed by atoms with E-state index in [4.69, 9.17) is 4.74 Å². The normalized spacial score (nSPS) is 13.7. The van der Waals surface area contributed by atoms with Gasteiger partial charge in [-0.15, -0.1) is 0 Å². The van der Waals surface area contributed by atoms with Crippen LogP contribution in [-0.2, 0) is 39.1 Å². The number of hydrogen-bond acceptors (Lipinski definition) is 9. The van der Waals surface area contributed by atoms with Crippen LogP contribution in [0.1, 0.15) is 44.5 Å². The van der Waals surface area contributed by atoms with Gasteiger partial charge in [-0.2, -0.15) is 9.21 Å². The molecule has 0 aliphatic carbocycles. The molecule has 3 atom stereocenters. The molecule has 13 heteroatoms. The number of carbonyl (C=O) groups is 2. The first-order chi connectivity index (χ1) is 21.9. The largest absolute Gasteiger partial charge is 0.443 e. The Hall–Kier alpha value is -4.20. The van der Waals surface area contributed by atoms with Crippen LogP contribution in [0.3, 0.4) is 0 Å². The fourth-order valence-electron chi connectivity index (χ4n) is 4.75. The third-order valence-electron chi connectivity index (χ3n) is 7.16. The lowest BCUT2D eigenvalue weighted by atomic mass is 9.98. The lowest BCUT2D eigenvalue weighted by Crippen LogP contribution is -2.57. The van der Waals surface area contributed by atoms with Crippen molar-refractivity contribution in [3.05, 3.63) is 101 Å². The van der Waals surface area contributed by atoms with Crippen molar-refractivity contribution in [1.82, 2.24) is 19.9 Å². The maximum atomic E-state index is 13.7. The van der Waals surface area contributed by atoms with Gasteiger partial charge in [-0.3, -0.25) is 9.78 Å². The molecule has 3 N–H and O–H groups in total. The van der Waals surface area contributed by atoms with Crippen LogP contribution in [0.4, 0.5) is 4.79 Å². The van der Waals surface area contributed by atoms with E-state index in [-0.39, 0.29) is 49.4 Å². The van der Waals surface area contributed by atoms with Crippen LogP contribution >= 0.6 is 0 Å². The number of carbonyl (C=O) groups excluding carboxylic acids is 2. The maximum absolute atomic E-state index is 13.7. The highest BCUT2D eigenvalue weighted by Crippen LogP contribution is 2.20. The number of ether oxygens (including phenoxy) is 1. The minimum atomic E-state index is -4.06. The second-order valence-corrected chi connectivity index (χ2v) is 13.7. The van der Waals surface area contributed by atoms with E-state index in [0.29, 0.717) is 11.3 Å². The van der Waals surface area contributed by atoms with Gasteiger partial charge in [-0.25, -0.2) is 13.2 Å². The molecule has 0 spiro atoms. The molecule has 1 aromatic heterocycles. The predicted octanol–water partition coefficient (Wildman–Crippen LogP) is 4.03. The first-order valence-corrected chi connectivity index (χ1v) is 16.6. The zero-order valence-electron chi connectivity index (χ0n) is 26.6. The molecule has 0 aliphatic rings. The molecule has 2 amide bonds. The van der Waals surface area contributed by atoms with Crippen molar-refractivity contribution in [2.75, 3.05) is 13.1 Å². The summed E-state index contributed by atoms with van der Waals surface area (Å²) >= 11 is 0. The summed E-state index contributed by atoms with van der Waals surface area (Å²) < 4.78 is 33.9. The molecule has 3 rings (SSSR count). The topological polar surface area (TPSA) is 167 Å². The van der Waals surface area contributed by atoms with E-state index in [1.165, 1.54) is 28.6 Å².